The number of H-pyrrole nitrogens is 1. The lowest BCUT2D eigenvalue weighted by molar-refractivity contribution is 0.169. The fourth-order valence-corrected chi connectivity index (χ4v) is 4.27. The van der Waals surface area contributed by atoms with E-state index < -0.39 is 0 Å². The Balaban J connectivity index is 1.62. The molecule has 0 atom stereocenters. The zero-order chi connectivity index (χ0) is 19.1. The van der Waals surface area contributed by atoms with Gasteiger partial charge in [0.2, 0.25) is 0 Å². The van der Waals surface area contributed by atoms with E-state index in [1.54, 1.807) is 17.0 Å². The summed E-state index contributed by atoms with van der Waals surface area (Å²) in [6.45, 7) is 0.217. The number of aromatic nitrogens is 5. The van der Waals surface area contributed by atoms with Crippen molar-refractivity contribution in [3.63, 3.8) is 0 Å². The molecule has 0 aliphatic heterocycles. The van der Waals surface area contributed by atoms with Crippen molar-refractivity contribution in [2.24, 2.45) is 5.92 Å². The highest BCUT2D eigenvalue weighted by Crippen LogP contribution is 2.33. The second-order valence-electron chi connectivity index (χ2n) is 7.46. The number of hydrogen-bond acceptors (Lipinski definition) is 5. The van der Waals surface area contributed by atoms with E-state index >= 15 is 0 Å². The molecule has 0 unspecified atom stereocenters. The average Bonchev–Trinajstić information content (AvgIpc) is 3.08. The number of fused-ring (bicyclic) bond motifs is 2. The van der Waals surface area contributed by atoms with Gasteiger partial charge in [-0.1, -0.05) is 18.2 Å². The summed E-state index contributed by atoms with van der Waals surface area (Å²) in [5.41, 5.74) is 3.51. The van der Waals surface area contributed by atoms with E-state index in [4.69, 9.17) is 4.98 Å². The normalized spacial score (nSPS) is 20.0. The zero-order valence-corrected chi connectivity index (χ0v) is 15.4. The molecule has 1 aliphatic rings. The van der Waals surface area contributed by atoms with Gasteiger partial charge in [0, 0.05) is 29.8 Å². The third-order valence-electron chi connectivity index (χ3n) is 5.79. The first-order valence-corrected chi connectivity index (χ1v) is 9.67. The molecule has 7 nitrogen and oxygen atoms in total. The summed E-state index contributed by atoms with van der Waals surface area (Å²) in [6.07, 6.45) is 7.04. The highest BCUT2D eigenvalue weighted by atomic mass is 16.3. The van der Waals surface area contributed by atoms with Gasteiger partial charge in [-0.3, -0.25) is 14.5 Å². The molecule has 1 aromatic carbocycles. The molecule has 4 aromatic rings. The first-order chi connectivity index (χ1) is 13.7. The molecule has 1 fully saturated rings. The highest BCUT2D eigenvalue weighted by Gasteiger charge is 2.25. The average molecular weight is 375 g/mol. The molecule has 0 spiro atoms. The smallest absolute Gasteiger partial charge is 0.329 e. The first kappa shape index (κ1) is 17.1. The van der Waals surface area contributed by atoms with Crippen molar-refractivity contribution in [3.05, 3.63) is 53.2 Å². The molecule has 2 N–H and O–H groups in total. The Morgan fingerprint density at radius 2 is 1.96 bits per heavy atom. The summed E-state index contributed by atoms with van der Waals surface area (Å²) in [7, 11) is 0. The van der Waals surface area contributed by atoms with E-state index in [1.165, 1.54) is 0 Å². The third-order valence-corrected chi connectivity index (χ3v) is 5.79. The fourth-order valence-electron chi connectivity index (χ4n) is 4.27. The first-order valence-electron chi connectivity index (χ1n) is 9.67. The van der Waals surface area contributed by atoms with Crippen LogP contribution < -0.4 is 5.69 Å². The Labute approximate surface area is 161 Å². The Morgan fingerprint density at radius 1 is 1.11 bits per heavy atom. The van der Waals surface area contributed by atoms with Crippen LogP contribution in [0.3, 0.4) is 0 Å². The molecular weight excluding hydrogens is 354 g/mol. The number of pyridine rings is 1. The summed E-state index contributed by atoms with van der Waals surface area (Å²) >= 11 is 0. The number of nitrogens with zero attached hydrogens (tertiary/aromatic N) is 4. The van der Waals surface area contributed by atoms with E-state index in [-0.39, 0.29) is 18.3 Å². The van der Waals surface area contributed by atoms with E-state index in [1.807, 2.05) is 30.3 Å². The van der Waals surface area contributed by atoms with Crippen LogP contribution in [0.2, 0.25) is 0 Å². The van der Waals surface area contributed by atoms with Gasteiger partial charge in [0.1, 0.15) is 0 Å². The van der Waals surface area contributed by atoms with E-state index in [0.29, 0.717) is 17.2 Å². The maximum Gasteiger partial charge on any atom is 0.329 e. The molecule has 0 radical (unpaired) electrons. The van der Waals surface area contributed by atoms with Crippen LogP contribution in [-0.4, -0.2) is 36.2 Å². The van der Waals surface area contributed by atoms with Gasteiger partial charge in [0.15, 0.2) is 11.3 Å². The van der Waals surface area contributed by atoms with Crippen molar-refractivity contribution in [1.82, 2.24) is 24.5 Å². The molecule has 142 valence electrons. The molecule has 5 rings (SSSR count). The van der Waals surface area contributed by atoms with E-state index in [9.17, 15) is 9.90 Å². The lowest BCUT2D eigenvalue weighted by atomic mass is 9.86. The van der Waals surface area contributed by atoms with Gasteiger partial charge in [0.25, 0.3) is 0 Å². The lowest BCUT2D eigenvalue weighted by Crippen LogP contribution is -2.27. The number of imidazole rings is 1. The molecule has 0 saturated heterocycles. The molecule has 28 heavy (non-hydrogen) atoms. The van der Waals surface area contributed by atoms with E-state index in [2.05, 4.69) is 15.0 Å². The van der Waals surface area contributed by atoms with Crippen LogP contribution in [0.15, 0.2) is 47.5 Å². The predicted molar refractivity (Wildman–Crippen MR) is 107 cm³/mol. The summed E-state index contributed by atoms with van der Waals surface area (Å²) in [5.74, 6) is 0.335. The van der Waals surface area contributed by atoms with Crippen molar-refractivity contribution in [2.45, 2.75) is 31.7 Å². The van der Waals surface area contributed by atoms with Gasteiger partial charge in [-0.15, -0.1) is 0 Å². The van der Waals surface area contributed by atoms with Crippen molar-refractivity contribution >= 4 is 22.2 Å². The van der Waals surface area contributed by atoms with Gasteiger partial charge in [-0.25, -0.2) is 14.8 Å². The van der Waals surface area contributed by atoms with Gasteiger partial charge in [-0.05, 0) is 43.7 Å². The molecule has 1 saturated carbocycles. The number of nitrogens with one attached hydrogen (secondary N) is 1. The Bertz CT molecular complexity index is 1200. The molecule has 1 aliphatic carbocycles. The topological polar surface area (TPSA) is 96.7 Å². The van der Waals surface area contributed by atoms with Gasteiger partial charge in [-0.2, -0.15) is 0 Å². The maximum absolute atomic E-state index is 12.6. The summed E-state index contributed by atoms with van der Waals surface area (Å²) < 4.78 is 1.75. The fraction of sp³-hybridized carbons (Fsp3) is 0.333. The Kier molecular flexibility index (Phi) is 4.16. The van der Waals surface area contributed by atoms with Crippen molar-refractivity contribution < 1.29 is 5.11 Å². The van der Waals surface area contributed by atoms with Crippen molar-refractivity contribution in [2.75, 3.05) is 6.61 Å². The molecule has 7 heteroatoms. The minimum atomic E-state index is -0.167. The van der Waals surface area contributed by atoms with Gasteiger partial charge < -0.3 is 5.11 Å². The van der Waals surface area contributed by atoms with E-state index in [0.717, 1.165) is 47.8 Å². The molecular formula is C21H21N5O2. The minimum absolute atomic E-state index is 0.0859. The number of benzene rings is 1. The lowest BCUT2D eigenvalue weighted by Gasteiger charge is -2.27. The maximum atomic E-state index is 12.6. The standard InChI is InChI=1S/C21H21N5O2/c27-12-13-6-8-14(9-7-13)26-20-19(25-21(26)28)23-11-18(24-20)16-3-1-5-17-15(16)4-2-10-22-17/h1-5,10-11,13-14,27H,6-9,12H2,(H,23,25,28)/t13-,14-. The van der Waals surface area contributed by atoms with Gasteiger partial charge >= 0.3 is 5.69 Å². The van der Waals surface area contributed by atoms with Gasteiger partial charge in [0.05, 0.1) is 17.4 Å². The predicted octanol–water partition coefficient (Wildman–Crippen LogP) is 3.06. The number of aliphatic hydroxyl groups is 1. The summed E-state index contributed by atoms with van der Waals surface area (Å²) in [6, 6.07) is 9.94. The number of rotatable bonds is 3. The largest absolute Gasteiger partial charge is 0.396 e. The van der Waals surface area contributed by atoms with Crippen LogP contribution in [-0.2, 0) is 0 Å². The zero-order valence-electron chi connectivity index (χ0n) is 15.4. The molecule has 3 heterocycles. The SMILES string of the molecule is O=c1[nH]c2ncc(-c3cccc4ncccc34)nc2n1[C@H]1CC[C@H](CO)CC1. The Hall–Kier alpha value is -3.06. The third kappa shape index (κ3) is 2.79. The quantitative estimate of drug-likeness (QED) is 0.574. The second kappa shape index (κ2) is 6.83. The summed E-state index contributed by atoms with van der Waals surface area (Å²) in [4.78, 5) is 29.2. The highest BCUT2D eigenvalue weighted by molar-refractivity contribution is 5.93. The van der Waals surface area contributed by atoms with Crippen LogP contribution in [0.25, 0.3) is 33.5 Å². The number of aromatic amines is 1. The summed E-state index contributed by atoms with van der Waals surface area (Å²) in [5, 5.41) is 10.4. The van der Waals surface area contributed by atoms with Crippen LogP contribution in [0.1, 0.15) is 31.7 Å². The van der Waals surface area contributed by atoms with Crippen LogP contribution in [0.5, 0.6) is 0 Å². The van der Waals surface area contributed by atoms with Crippen molar-refractivity contribution in [1.29, 1.82) is 0 Å². The second-order valence-corrected chi connectivity index (χ2v) is 7.46. The van der Waals surface area contributed by atoms with Crippen molar-refractivity contribution in [3.8, 4) is 11.3 Å². The molecule has 3 aromatic heterocycles. The van der Waals surface area contributed by atoms with Crippen LogP contribution in [0, 0.1) is 5.92 Å². The molecule has 0 amide bonds. The Morgan fingerprint density at radius 3 is 2.79 bits per heavy atom. The molecule has 0 bridgehead atoms. The van der Waals surface area contributed by atoms with Crippen LogP contribution >= 0.6 is 0 Å². The minimum Gasteiger partial charge on any atom is -0.396 e. The monoisotopic (exact) mass is 375 g/mol. The number of aliphatic hydroxyl groups excluding tert-OH is 1. The van der Waals surface area contributed by atoms with Crippen LogP contribution in [0.4, 0.5) is 0 Å². The number of hydrogen-bond donors (Lipinski definition) is 2.